The zero-order valence-electron chi connectivity index (χ0n) is 12.8. The van der Waals surface area contributed by atoms with Crippen LogP contribution >= 0.6 is 11.6 Å². The molecule has 0 aromatic heterocycles. The maximum Gasteiger partial charge on any atom is 0.331 e. The first-order valence-corrected chi connectivity index (χ1v) is 7.29. The second-order valence-electron chi connectivity index (χ2n) is 4.72. The van der Waals surface area contributed by atoms with Crippen molar-refractivity contribution in [3.05, 3.63) is 74.8 Å². The molecule has 2 aromatic rings. The lowest BCUT2D eigenvalue weighted by atomic mass is 10.2. The summed E-state index contributed by atoms with van der Waals surface area (Å²) in [4.78, 5) is 22.1. The molecule has 7 heteroatoms. The first kappa shape index (κ1) is 17.5. The Bertz CT molecular complexity index is 788. The summed E-state index contributed by atoms with van der Waals surface area (Å²) in [5.74, 6) is -0.188. The molecule has 0 spiro atoms. The number of nitro benzene ring substituents is 1. The minimum Gasteiger partial charge on any atom is -0.496 e. The molecule has 0 heterocycles. The van der Waals surface area contributed by atoms with Crippen LogP contribution < -0.4 is 4.74 Å². The standard InChI is InChI=1S/C17H14ClNO5/c1-23-16-8-7-14(19(21)22)10-13(16)11-24-17(20)9-6-12-4-2-3-5-15(12)18/h2-10H,11H2,1H3/b9-6+. The number of carbonyl (C=O) groups excluding carboxylic acids is 1. The van der Waals surface area contributed by atoms with Crippen LogP contribution in [0.5, 0.6) is 5.75 Å². The van der Waals surface area contributed by atoms with Crippen LogP contribution in [0, 0.1) is 10.1 Å². The number of non-ortho nitro benzene ring substituents is 1. The van der Waals surface area contributed by atoms with Gasteiger partial charge in [-0.25, -0.2) is 4.79 Å². The molecule has 0 saturated heterocycles. The molecule has 0 N–H and O–H groups in total. The van der Waals surface area contributed by atoms with Crippen LogP contribution in [0.1, 0.15) is 11.1 Å². The SMILES string of the molecule is COc1ccc([N+](=O)[O-])cc1COC(=O)/C=C/c1ccccc1Cl. The number of methoxy groups -OCH3 is 1. The Morgan fingerprint density at radius 2 is 2.04 bits per heavy atom. The minimum absolute atomic E-state index is 0.103. The Balaban J connectivity index is 2.05. The Morgan fingerprint density at radius 1 is 1.29 bits per heavy atom. The quantitative estimate of drug-likeness (QED) is 0.341. The smallest absolute Gasteiger partial charge is 0.331 e. The number of hydrogen-bond acceptors (Lipinski definition) is 5. The molecule has 0 aliphatic carbocycles. The predicted octanol–water partition coefficient (Wildman–Crippen LogP) is 4.01. The first-order chi connectivity index (χ1) is 11.5. The summed E-state index contributed by atoms with van der Waals surface area (Å²) >= 11 is 5.98. The Labute approximate surface area is 143 Å². The molecule has 2 rings (SSSR count). The fourth-order valence-electron chi connectivity index (χ4n) is 1.96. The van der Waals surface area contributed by atoms with Gasteiger partial charge in [-0.1, -0.05) is 29.8 Å². The van der Waals surface area contributed by atoms with Gasteiger partial charge in [-0.2, -0.15) is 0 Å². The van der Waals surface area contributed by atoms with Gasteiger partial charge in [-0.15, -0.1) is 0 Å². The van der Waals surface area contributed by atoms with E-state index in [9.17, 15) is 14.9 Å². The number of carbonyl (C=O) groups is 1. The summed E-state index contributed by atoms with van der Waals surface area (Å²) in [6.45, 7) is -0.142. The fraction of sp³-hybridized carbons (Fsp3) is 0.118. The van der Waals surface area contributed by atoms with Crippen LogP contribution in [0.2, 0.25) is 5.02 Å². The van der Waals surface area contributed by atoms with Crippen LogP contribution in [0.4, 0.5) is 5.69 Å². The van der Waals surface area contributed by atoms with Crippen LogP contribution in [-0.4, -0.2) is 18.0 Å². The first-order valence-electron chi connectivity index (χ1n) is 6.92. The zero-order valence-corrected chi connectivity index (χ0v) is 13.5. The summed E-state index contributed by atoms with van der Waals surface area (Å²) in [5.41, 5.74) is 0.990. The summed E-state index contributed by atoms with van der Waals surface area (Å²) < 4.78 is 10.2. The van der Waals surface area contributed by atoms with Crippen molar-refractivity contribution in [3.8, 4) is 5.75 Å². The minimum atomic E-state index is -0.594. The van der Waals surface area contributed by atoms with Crippen molar-refractivity contribution in [2.45, 2.75) is 6.61 Å². The van der Waals surface area contributed by atoms with E-state index in [1.54, 1.807) is 24.3 Å². The van der Waals surface area contributed by atoms with Crippen molar-refractivity contribution in [3.63, 3.8) is 0 Å². The number of nitrogens with zero attached hydrogens (tertiary/aromatic N) is 1. The molecule has 0 amide bonds. The highest BCUT2D eigenvalue weighted by Crippen LogP contribution is 2.24. The Hall–Kier alpha value is -2.86. The third-order valence-electron chi connectivity index (χ3n) is 3.15. The van der Waals surface area contributed by atoms with Crippen molar-refractivity contribution >= 4 is 29.3 Å². The van der Waals surface area contributed by atoms with E-state index in [1.807, 2.05) is 0 Å². The van der Waals surface area contributed by atoms with E-state index in [2.05, 4.69) is 0 Å². The average molecular weight is 348 g/mol. The summed E-state index contributed by atoms with van der Waals surface area (Å²) in [6, 6.07) is 11.1. The molecule has 0 saturated carbocycles. The topological polar surface area (TPSA) is 78.7 Å². The summed E-state index contributed by atoms with van der Waals surface area (Å²) in [7, 11) is 1.43. The molecule has 0 radical (unpaired) electrons. The van der Waals surface area contributed by atoms with Crippen molar-refractivity contribution in [1.82, 2.24) is 0 Å². The number of rotatable bonds is 6. The number of hydrogen-bond donors (Lipinski definition) is 0. The van der Waals surface area contributed by atoms with E-state index in [-0.39, 0.29) is 12.3 Å². The second kappa shape index (κ2) is 8.12. The molecule has 0 fully saturated rings. The molecule has 124 valence electrons. The molecule has 0 unspecified atom stereocenters. The van der Waals surface area contributed by atoms with Gasteiger partial charge >= 0.3 is 5.97 Å². The van der Waals surface area contributed by atoms with Gasteiger partial charge in [0.05, 0.1) is 12.0 Å². The maximum absolute atomic E-state index is 11.8. The van der Waals surface area contributed by atoms with Gasteiger partial charge in [0.15, 0.2) is 0 Å². The lowest BCUT2D eigenvalue weighted by Crippen LogP contribution is -2.03. The number of halogens is 1. The lowest BCUT2D eigenvalue weighted by Gasteiger charge is -2.08. The van der Waals surface area contributed by atoms with Gasteiger partial charge in [-0.05, 0) is 23.8 Å². The zero-order chi connectivity index (χ0) is 17.5. The van der Waals surface area contributed by atoms with Gasteiger partial charge < -0.3 is 9.47 Å². The van der Waals surface area contributed by atoms with Crippen molar-refractivity contribution < 1.29 is 19.2 Å². The third-order valence-corrected chi connectivity index (χ3v) is 3.49. The summed E-state index contributed by atoms with van der Waals surface area (Å²) in [5, 5.41) is 11.3. The largest absolute Gasteiger partial charge is 0.496 e. The van der Waals surface area contributed by atoms with Gasteiger partial charge in [0.1, 0.15) is 12.4 Å². The van der Waals surface area contributed by atoms with Crippen LogP contribution in [0.3, 0.4) is 0 Å². The number of esters is 1. The van der Waals surface area contributed by atoms with Gasteiger partial charge in [0.2, 0.25) is 0 Å². The second-order valence-corrected chi connectivity index (χ2v) is 5.12. The molecule has 2 aromatic carbocycles. The molecule has 6 nitrogen and oxygen atoms in total. The molecular weight excluding hydrogens is 334 g/mol. The highest BCUT2D eigenvalue weighted by molar-refractivity contribution is 6.32. The van der Waals surface area contributed by atoms with E-state index in [0.29, 0.717) is 21.9 Å². The number of ether oxygens (including phenoxy) is 2. The predicted molar refractivity (Wildman–Crippen MR) is 89.9 cm³/mol. The van der Waals surface area contributed by atoms with Gasteiger partial charge in [0, 0.05) is 28.8 Å². The van der Waals surface area contributed by atoms with Crippen molar-refractivity contribution in [1.29, 1.82) is 0 Å². The monoisotopic (exact) mass is 347 g/mol. The van der Waals surface area contributed by atoms with Crippen LogP contribution in [0.15, 0.2) is 48.5 Å². The van der Waals surface area contributed by atoms with E-state index >= 15 is 0 Å². The fourth-order valence-corrected chi connectivity index (χ4v) is 2.16. The normalized spacial score (nSPS) is 10.6. The van der Waals surface area contributed by atoms with Crippen LogP contribution in [0.25, 0.3) is 6.08 Å². The van der Waals surface area contributed by atoms with Gasteiger partial charge in [-0.3, -0.25) is 10.1 Å². The Morgan fingerprint density at radius 3 is 2.71 bits per heavy atom. The van der Waals surface area contributed by atoms with E-state index in [1.165, 1.54) is 37.5 Å². The molecule has 0 bridgehead atoms. The average Bonchev–Trinajstić information content (AvgIpc) is 2.58. The maximum atomic E-state index is 11.8. The number of nitro groups is 1. The third kappa shape index (κ3) is 4.57. The lowest BCUT2D eigenvalue weighted by molar-refractivity contribution is -0.385. The Kier molecular flexibility index (Phi) is 5.92. The molecule has 0 atom stereocenters. The van der Waals surface area contributed by atoms with E-state index in [0.717, 1.165) is 0 Å². The van der Waals surface area contributed by atoms with E-state index < -0.39 is 10.9 Å². The number of benzene rings is 2. The summed E-state index contributed by atoms with van der Waals surface area (Å²) in [6.07, 6.45) is 2.78. The molecule has 0 aliphatic rings. The van der Waals surface area contributed by atoms with Gasteiger partial charge in [0.25, 0.3) is 5.69 Å². The van der Waals surface area contributed by atoms with Crippen molar-refractivity contribution in [2.75, 3.05) is 7.11 Å². The van der Waals surface area contributed by atoms with Crippen molar-refractivity contribution in [2.24, 2.45) is 0 Å². The molecule has 0 aliphatic heterocycles. The molecular formula is C17H14ClNO5. The van der Waals surface area contributed by atoms with Crippen LogP contribution in [-0.2, 0) is 16.1 Å². The molecule has 24 heavy (non-hydrogen) atoms. The van der Waals surface area contributed by atoms with E-state index in [4.69, 9.17) is 21.1 Å². The highest BCUT2D eigenvalue weighted by atomic mass is 35.5. The highest BCUT2D eigenvalue weighted by Gasteiger charge is 2.12.